The van der Waals surface area contributed by atoms with Crippen LogP contribution in [0.1, 0.15) is 40.5 Å². The van der Waals surface area contributed by atoms with Gasteiger partial charge in [0.1, 0.15) is 5.56 Å². The van der Waals surface area contributed by atoms with Crippen LogP contribution in [0.25, 0.3) is 5.65 Å². The second kappa shape index (κ2) is 3.07. The van der Waals surface area contributed by atoms with Gasteiger partial charge in [-0.2, -0.15) is 0 Å². The van der Waals surface area contributed by atoms with E-state index in [0.29, 0.717) is 11.6 Å². The lowest BCUT2D eigenvalue weighted by molar-refractivity contribution is 0.0699. The highest BCUT2D eigenvalue weighted by Gasteiger charge is 2.27. The Bertz CT molecular complexity index is 582. The zero-order valence-electron chi connectivity index (χ0n) is 8.97. The second-order valence-electron chi connectivity index (χ2n) is 4.32. The van der Waals surface area contributed by atoms with Gasteiger partial charge in [0.05, 0.1) is 0 Å². The smallest absolute Gasteiger partial charge is 0.339 e. The molecule has 4 nitrogen and oxygen atoms in total. The van der Waals surface area contributed by atoms with Crippen molar-refractivity contribution in [1.82, 2.24) is 9.38 Å². The summed E-state index contributed by atoms with van der Waals surface area (Å²) in [5.74, 6) is -0.333. The van der Waals surface area contributed by atoms with Crippen LogP contribution in [0.15, 0.2) is 18.3 Å². The fraction of sp³-hybridized carbons (Fsp3) is 0.333. The standard InChI is InChI=1S/C12H12N2O2/c1-7-6-10(8-2-3-8)14-5-4-9(12(15)16)11(14)13-7/h4-6,8H,2-3H2,1H3,(H,15,16). The largest absolute Gasteiger partial charge is 0.478 e. The van der Waals surface area contributed by atoms with Crippen LogP contribution in [0.5, 0.6) is 0 Å². The average molecular weight is 216 g/mol. The van der Waals surface area contributed by atoms with E-state index in [9.17, 15) is 4.79 Å². The molecule has 0 amide bonds. The maximum absolute atomic E-state index is 11.0. The van der Waals surface area contributed by atoms with Gasteiger partial charge >= 0.3 is 5.97 Å². The summed E-state index contributed by atoms with van der Waals surface area (Å²) >= 11 is 0. The van der Waals surface area contributed by atoms with Gasteiger partial charge in [0, 0.05) is 17.6 Å². The fourth-order valence-electron chi connectivity index (χ4n) is 2.09. The van der Waals surface area contributed by atoms with Crippen LogP contribution in [0, 0.1) is 6.92 Å². The maximum Gasteiger partial charge on any atom is 0.339 e. The van der Waals surface area contributed by atoms with Crippen LogP contribution in [0.2, 0.25) is 0 Å². The van der Waals surface area contributed by atoms with Gasteiger partial charge in [-0.1, -0.05) is 0 Å². The zero-order valence-corrected chi connectivity index (χ0v) is 8.97. The summed E-state index contributed by atoms with van der Waals surface area (Å²) in [6, 6.07) is 3.67. The van der Waals surface area contributed by atoms with Crippen LogP contribution in [-0.4, -0.2) is 20.5 Å². The van der Waals surface area contributed by atoms with Crippen molar-refractivity contribution >= 4 is 11.6 Å². The van der Waals surface area contributed by atoms with Crippen molar-refractivity contribution in [3.8, 4) is 0 Å². The van der Waals surface area contributed by atoms with E-state index in [4.69, 9.17) is 5.11 Å². The molecule has 2 heterocycles. The molecule has 1 N–H and O–H groups in total. The Balaban J connectivity index is 2.32. The molecule has 0 aliphatic heterocycles. The molecular weight excluding hydrogens is 204 g/mol. The minimum absolute atomic E-state index is 0.283. The third-order valence-electron chi connectivity index (χ3n) is 3.00. The first-order valence-corrected chi connectivity index (χ1v) is 5.38. The molecule has 0 saturated heterocycles. The topological polar surface area (TPSA) is 54.6 Å². The third-order valence-corrected chi connectivity index (χ3v) is 3.00. The minimum Gasteiger partial charge on any atom is -0.478 e. The first-order valence-electron chi connectivity index (χ1n) is 5.38. The summed E-state index contributed by atoms with van der Waals surface area (Å²) in [6.07, 6.45) is 4.19. The highest BCUT2D eigenvalue weighted by atomic mass is 16.4. The number of carboxylic acids is 1. The van der Waals surface area contributed by atoms with Crippen LogP contribution in [0.4, 0.5) is 0 Å². The van der Waals surface area contributed by atoms with E-state index < -0.39 is 5.97 Å². The predicted octanol–water partition coefficient (Wildman–Crippen LogP) is 2.22. The first kappa shape index (κ1) is 9.39. The van der Waals surface area contributed by atoms with Crippen LogP contribution in [-0.2, 0) is 0 Å². The van der Waals surface area contributed by atoms with E-state index in [1.54, 1.807) is 12.3 Å². The molecule has 1 aliphatic carbocycles. The Morgan fingerprint density at radius 2 is 2.31 bits per heavy atom. The molecule has 1 fully saturated rings. The van der Waals surface area contributed by atoms with Gasteiger partial charge < -0.3 is 9.51 Å². The SMILES string of the molecule is Cc1cc(C2CC2)n2ccc(C(=O)O)c2n1. The zero-order chi connectivity index (χ0) is 11.3. The number of hydrogen-bond donors (Lipinski definition) is 1. The Morgan fingerprint density at radius 1 is 1.56 bits per heavy atom. The van der Waals surface area contributed by atoms with Gasteiger partial charge in [-0.15, -0.1) is 0 Å². The number of rotatable bonds is 2. The van der Waals surface area contributed by atoms with Crippen molar-refractivity contribution < 1.29 is 9.90 Å². The van der Waals surface area contributed by atoms with E-state index >= 15 is 0 Å². The van der Waals surface area contributed by atoms with Gasteiger partial charge in [-0.25, -0.2) is 9.78 Å². The van der Waals surface area contributed by atoms with Crippen LogP contribution < -0.4 is 0 Å². The lowest BCUT2D eigenvalue weighted by atomic mass is 10.2. The lowest BCUT2D eigenvalue weighted by Gasteiger charge is -2.06. The Labute approximate surface area is 92.5 Å². The highest BCUT2D eigenvalue weighted by Crippen LogP contribution is 2.40. The quantitative estimate of drug-likeness (QED) is 0.837. The third kappa shape index (κ3) is 1.30. The number of hydrogen-bond acceptors (Lipinski definition) is 2. The molecule has 0 radical (unpaired) electrons. The van der Waals surface area contributed by atoms with Crippen LogP contribution in [0.3, 0.4) is 0 Å². The summed E-state index contributed by atoms with van der Waals surface area (Å²) in [7, 11) is 0. The first-order chi connectivity index (χ1) is 7.66. The Morgan fingerprint density at radius 3 is 2.94 bits per heavy atom. The van der Waals surface area contributed by atoms with Gasteiger partial charge in [0.25, 0.3) is 0 Å². The summed E-state index contributed by atoms with van der Waals surface area (Å²) < 4.78 is 1.91. The van der Waals surface area contributed by atoms with Crippen molar-refractivity contribution in [2.24, 2.45) is 0 Å². The molecule has 2 aromatic heterocycles. The number of carbonyl (C=O) groups is 1. The monoisotopic (exact) mass is 216 g/mol. The average Bonchev–Trinajstić information content (AvgIpc) is 2.97. The van der Waals surface area contributed by atoms with Gasteiger partial charge in [0.2, 0.25) is 0 Å². The number of carboxylic acid groups (broad SMARTS) is 1. The summed E-state index contributed by atoms with van der Waals surface area (Å²) in [4.78, 5) is 15.3. The van der Waals surface area contributed by atoms with Crippen molar-refractivity contribution in [2.45, 2.75) is 25.7 Å². The van der Waals surface area contributed by atoms with Crippen molar-refractivity contribution in [2.75, 3.05) is 0 Å². The lowest BCUT2D eigenvalue weighted by Crippen LogP contribution is -2.02. The van der Waals surface area contributed by atoms with Crippen LogP contribution >= 0.6 is 0 Å². The molecule has 3 rings (SSSR count). The molecule has 0 spiro atoms. The molecule has 16 heavy (non-hydrogen) atoms. The molecule has 2 aromatic rings. The van der Waals surface area contributed by atoms with Crippen molar-refractivity contribution in [3.63, 3.8) is 0 Å². The molecule has 0 atom stereocenters. The molecule has 82 valence electrons. The molecule has 1 saturated carbocycles. The molecule has 1 aliphatic rings. The number of nitrogens with zero attached hydrogens (tertiary/aromatic N) is 2. The number of fused-ring (bicyclic) bond motifs is 1. The highest BCUT2D eigenvalue weighted by molar-refractivity contribution is 5.94. The fourth-order valence-corrected chi connectivity index (χ4v) is 2.09. The van der Waals surface area contributed by atoms with Crippen molar-refractivity contribution in [3.05, 3.63) is 35.3 Å². The van der Waals surface area contributed by atoms with Crippen molar-refractivity contribution in [1.29, 1.82) is 0 Å². The Kier molecular flexibility index (Phi) is 1.80. The summed E-state index contributed by atoms with van der Waals surface area (Å²) in [6.45, 7) is 1.91. The minimum atomic E-state index is -0.914. The van der Waals surface area contributed by atoms with Gasteiger partial charge in [0.15, 0.2) is 5.65 Å². The normalized spacial score (nSPS) is 15.6. The number of aryl methyl sites for hydroxylation is 1. The second-order valence-corrected chi connectivity index (χ2v) is 4.32. The number of aromatic nitrogens is 2. The molecule has 4 heteroatoms. The van der Waals surface area contributed by atoms with E-state index in [1.165, 1.54) is 18.5 Å². The van der Waals surface area contributed by atoms with E-state index in [2.05, 4.69) is 11.1 Å². The Hall–Kier alpha value is -1.84. The summed E-state index contributed by atoms with van der Waals surface area (Å²) in [5.41, 5.74) is 2.92. The van der Waals surface area contributed by atoms with E-state index in [-0.39, 0.29) is 5.56 Å². The van der Waals surface area contributed by atoms with E-state index in [0.717, 1.165) is 5.69 Å². The van der Waals surface area contributed by atoms with E-state index in [1.807, 2.05) is 11.3 Å². The predicted molar refractivity (Wildman–Crippen MR) is 58.9 cm³/mol. The van der Waals surface area contributed by atoms with Gasteiger partial charge in [-0.05, 0) is 37.8 Å². The molecular formula is C12H12N2O2. The molecule has 0 bridgehead atoms. The molecule has 0 aromatic carbocycles. The number of aromatic carboxylic acids is 1. The molecule has 0 unspecified atom stereocenters. The maximum atomic E-state index is 11.0. The summed E-state index contributed by atoms with van der Waals surface area (Å²) in [5, 5.41) is 9.05. The van der Waals surface area contributed by atoms with Gasteiger partial charge in [-0.3, -0.25) is 0 Å².